The Morgan fingerprint density at radius 2 is 1.50 bits per heavy atom. The lowest BCUT2D eigenvalue weighted by Crippen LogP contribution is -2.53. The molecular formula is C19H31NO2. The second-order valence-electron chi connectivity index (χ2n) is 9.22. The van der Waals surface area contributed by atoms with Gasteiger partial charge in [0.25, 0.3) is 0 Å². The highest BCUT2D eigenvalue weighted by Gasteiger charge is 2.56. The van der Waals surface area contributed by atoms with Crippen LogP contribution in [0.2, 0.25) is 0 Å². The van der Waals surface area contributed by atoms with E-state index in [1.807, 2.05) is 0 Å². The summed E-state index contributed by atoms with van der Waals surface area (Å²) >= 11 is 0. The van der Waals surface area contributed by atoms with E-state index in [-0.39, 0.29) is 17.0 Å². The van der Waals surface area contributed by atoms with E-state index in [9.17, 15) is 4.79 Å². The minimum atomic E-state index is -0.303. The Balaban J connectivity index is 1.47. The minimum Gasteiger partial charge on any atom is -0.459 e. The molecule has 0 radical (unpaired) electrons. The van der Waals surface area contributed by atoms with Crippen LogP contribution in [0.1, 0.15) is 65.2 Å². The summed E-state index contributed by atoms with van der Waals surface area (Å²) in [5.41, 5.74) is -0.415. The van der Waals surface area contributed by atoms with Crippen LogP contribution in [0.15, 0.2) is 0 Å². The standard InChI is InChI=1S/C19H31NO2/c1-18(2,16-3-5-20-6-4-16)22-17(21)19-10-13-7-14(11-19)9-15(8-13)12-19/h13-16,20H,3-12H2,1-2H3. The quantitative estimate of drug-likeness (QED) is 0.811. The van der Waals surface area contributed by atoms with Crippen molar-refractivity contribution in [3.63, 3.8) is 0 Å². The third kappa shape index (κ3) is 2.50. The van der Waals surface area contributed by atoms with E-state index >= 15 is 0 Å². The highest BCUT2D eigenvalue weighted by molar-refractivity contribution is 5.78. The number of esters is 1. The molecule has 0 atom stereocenters. The molecule has 0 aromatic heterocycles. The molecule has 1 aliphatic heterocycles. The van der Waals surface area contributed by atoms with Gasteiger partial charge in [0.2, 0.25) is 0 Å². The van der Waals surface area contributed by atoms with Gasteiger partial charge >= 0.3 is 5.97 Å². The molecule has 1 heterocycles. The molecule has 3 nitrogen and oxygen atoms in total. The Hall–Kier alpha value is -0.570. The van der Waals surface area contributed by atoms with E-state index in [0.29, 0.717) is 5.92 Å². The predicted molar refractivity (Wildman–Crippen MR) is 86.4 cm³/mol. The van der Waals surface area contributed by atoms with E-state index in [2.05, 4.69) is 19.2 Å². The van der Waals surface area contributed by atoms with Gasteiger partial charge in [0.1, 0.15) is 5.60 Å². The first kappa shape index (κ1) is 15.0. The molecule has 4 aliphatic carbocycles. The predicted octanol–water partition coefficient (Wildman–Crippen LogP) is 3.52. The van der Waals surface area contributed by atoms with Gasteiger partial charge in [-0.05, 0) is 96.1 Å². The number of carbonyl (C=O) groups excluding carboxylic acids is 1. The van der Waals surface area contributed by atoms with E-state index in [4.69, 9.17) is 4.74 Å². The Bertz CT molecular complexity index is 415. The average molecular weight is 305 g/mol. The van der Waals surface area contributed by atoms with Gasteiger partial charge in [0, 0.05) is 5.92 Å². The maximum Gasteiger partial charge on any atom is 0.312 e. The topological polar surface area (TPSA) is 38.3 Å². The molecule has 0 amide bonds. The molecule has 4 saturated carbocycles. The molecule has 22 heavy (non-hydrogen) atoms. The molecule has 124 valence electrons. The van der Waals surface area contributed by atoms with Crippen molar-refractivity contribution < 1.29 is 9.53 Å². The van der Waals surface area contributed by atoms with Crippen LogP contribution in [-0.2, 0) is 9.53 Å². The van der Waals surface area contributed by atoms with Crippen LogP contribution in [0.25, 0.3) is 0 Å². The summed E-state index contributed by atoms with van der Waals surface area (Å²) in [5, 5.41) is 3.41. The van der Waals surface area contributed by atoms with Crippen molar-refractivity contribution in [3.05, 3.63) is 0 Å². The van der Waals surface area contributed by atoms with Crippen LogP contribution in [0, 0.1) is 29.1 Å². The van der Waals surface area contributed by atoms with Crippen LogP contribution in [0.4, 0.5) is 0 Å². The maximum absolute atomic E-state index is 13.1. The zero-order valence-corrected chi connectivity index (χ0v) is 14.2. The number of ether oxygens (including phenoxy) is 1. The molecular weight excluding hydrogens is 274 g/mol. The first-order valence-electron chi connectivity index (χ1n) is 9.41. The monoisotopic (exact) mass is 305 g/mol. The molecule has 1 N–H and O–H groups in total. The number of piperidine rings is 1. The summed E-state index contributed by atoms with van der Waals surface area (Å²) < 4.78 is 6.20. The van der Waals surface area contributed by atoms with E-state index in [1.165, 1.54) is 19.3 Å². The molecule has 0 aromatic carbocycles. The van der Waals surface area contributed by atoms with Gasteiger partial charge in [-0.3, -0.25) is 4.79 Å². The number of hydrogen-bond acceptors (Lipinski definition) is 3. The van der Waals surface area contributed by atoms with Crippen molar-refractivity contribution >= 4 is 5.97 Å². The van der Waals surface area contributed by atoms with Crippen molar-refractivity contribution in [1.29, 1.82) is 0 Å². The van der Waals surface area contributed by atoms with Crippen molar-refractivity contribution in [2.75, 3.05) is 13.1 Å². The van der Waals surface area contributed by atoms with Crippen LogP contribution in [0.3, 0.4) is 0 Å². The molecule has 0 unspecified atom stereocenters. The largest absolute Gasteiger partial charge is 0.459 e. The first-order valence-corrected chi connectivity index (χ1v) is 9.41. The van der Waals surface area contributed by atoms with Crippen molar-refractivity contribution in [3.8, 4) is 0 Å². The van der Waals surface area contributed by atoms with Gasteiger partial charge < -0.3 is 10.1 Å². The lowest BCUT2D eigenvalue weighted by molar-refractivity contribution is -0.189. The van der Waals surface area contributed by atoms with Gasteiger partial charge in [-0.2, -0.15) is 0 Å². The lowest BCUT2D eigenvalue weighted by atomic mass is 9.49. The normalized spacial score (nSPS) is 41.6. The first-order chi connectivity index (χ1) is 10.5. The van der Waals surface area contributed by atoms with Gasteiger partial charge in [-0.1, -0.05) is 0 Å². The number of nitrogens with one attached hydrogen (secondary N) is 1. The third-order valence-corrected chi connectivity index (χ3v) is 7.15. The smallest absolute Gasteiger partial charge is 0.312 e. The number of rotatable bonds is 3. The van der Waals surface area contributed by atoms with Crippen molar-refractivity contribution in [1.82, 2.24) is 5.32 Å². The second-order valence-corrected chi connectivity index (χ2v) is 9.22. The molecule has 3 heteroatoms. The van der Waals surface area contributed by atoms with Gasteiger partial charge in [-0.15, -0.1) is 0 Å². The Morgan fingerprint density at radius 1 is 1.00 bits per heavy atom. The summed E-state index contributed by atoms with van der Waals surface area (Å²) in [7, 11) is 0. The fraction of sp³-hybridized carbons (Fsp3) is 0.947. The van der Waals surface area contributed by atoms with Crippen molar-refractivity contribution in [2.45, 2.75) is 70.8 Å². The number of carbonyl (C=O) groups is 1. The second kappa shape index (κ2) is 5.22. The third-order valence-electron chi connectivity index (χ3n) is 7.15. The average Bonchev–Trinajstić information content (AvgIpc) is 2.46. The highest BCUT2D eigenvalue weighted by Crippen LogP contribution is 2.60. The van der Waals surface area contributed by atoms with Crippen LogP contribution in [-0.4, -0.2) is 24.7 Å². The summed E-state index contributed by atoms with van der Waals surface area (Å²) in [6, 6.07) is 0. The number of hydrogen-bond donors (Lipinski definition) is 1. The molecule has 5 aliphatic rings. The zero-order chi connectivity index (χ0) is 15.4. The van der Waals surface area contributed by atoms with Crippen LogP contribution >= 0.6 is 0 Å². The molecule has 4 bridgehead atoms. The molecule has 0 spiro atoms. The summed E-state index contributed by atoms with van der Waals surface area (Å²) in [4.78, 5) is 13.1. The van der Waals surface area contributed by atoms with Crippen LogP contribution < -0.4 is 5.32 Å². The van der Waals surface area contributed by atoms with Crippen molar-refractivity contribution in [2.24, 2.45) is 29.1 Å². The molecule has 0 aromatic rings. The SMILES string of the molecule is CC(C)(OC(=O)C12CC3CC(CC(C3)C1)C2)C1CCNCC1. The van der Waals surface area contributed by atoms with E-state index in [1.54, 1.807) is 0 Å². The van der Waals surface area contributed by atoms with Gasteiger partial charge in [0.05, 0.1) is 5.41 Å². The Labute approximate surface area is 134 Å². The van der Waals surface area contributed by atoms with Gasteiger partial charge in [-0.25, -0.2) is 0 Å². The zero-order valence-electron chi connectivity index (χ0n) is 14.2. The summed E-state index contributed by atoms with van der Waals surface area (Å²) in [5.74, 6) is 3.07. The molecule has 1 saturated heterocycles. The Kier molecular flexibility index (Phi) is 3.56. The summed E-state index contributed by atoms with van der Waals surface area (Å²) in [6.45, 7) is 6.40. The highest BCUT2D eigenvalue weighted by atomic mass is 16.6. The van der Waals surface area contributed by atoms with E-state index < -0.39 is 0 Å². The maximum atomic E-state index is 13.1. The van der Waals surface area contributed by atoms with Crippen LogP contribution in [0.5, 0.6) is 0 Å². The van der Waals surface area contributed by atoms with E-state index in [0.717, 1.165) is 62.9 Å². The lowest BCUT2D eigenvalue weighted by Gasteiger charge is -2.55. The summed E-state index contributed by atoms with van der Waals surface area (Å²) in [6.07, 6.45) is 9.72. The minimum absolute atomic E-state index is 0.112. The molecule has 5 fully saturated rings. The fourth-order valence-electron chi connectivity index (χ4n) is 6.31. The fourth-order valence-corrected chi connectivity index (χ4v) is 6.31. The molecule has 5 rings (SSSR count). The van der Waals surface area contributed by atoms with Gasteiger partial charge in [0.15, 0.2) is 0 Å². The Morgan fingerprint density at radius 3 is 2.00 bits per heavy atom.